The van der Waals surface area contributed by atoms with Crippen molar-refractivity contribution in [1.82, 2.24) is 25.5 Å². The van der Waals surface area contributed by atoms with Crippen LogP contribution >= 0.6 is 0 Å². The minimum absolute atomic E-state index is 0.336. The number of nitrogens with one attached hydrogen (secondary N) is 2. The van der Waals surface area contributed by atoms with E-state index in [-0.39, 0.29) is 0 Å². The number of piperidine rings is 1. The van der Waals surface area contributed by atoms with Crippen LogP contribution in [0.3, 0.4) is 0 Å². The van der Waals surface area contributed by atoms with E-state index in [4.69, 9.17) is 0 Å². The van der Waals surface area contributed by atoms with Gasteiger partial charge in [0.25, 0.3) is 0 Å². The zero-order chi connectivity index (χ0) is 19.0. The van der Waals surface area contributed by atoms with Crippen LogP contribution in [0.1, 0.15) is 12.8 Å². The number of nitrogens with zero attached hydrogens (tertiary/aromatic N) is 4. The second-order valence-electron chi connectivity index (χ2n) is 6.60. The van der Waals surface area contributed by atoms with E-state index in [2.05, 4.69) is 20.2 Å². The molecule has 4 rings (SSSR count). The van der Waals surface area contributed by atoms with E-state index in [0.29, 0.717) is 31.6 Å². The Balaban J connectivity index is 1.62. The molecular weight excluding hydrogens is 361 g/mol. The summed E-state index contributed by atoms with van der Waals surface area (Å²) in [6, 6.07) is 1.86. The Morgan fingerprint density at radius 2 is 2.19 bits per heavy atom. The molecule has 0 saturated carbocycles. The predicted octanol–water partition coefficient (Wildman–Crippen LogP) is 2.40. The molecule has 1 amide bonds. The summed E-state index contributed by atoms with van der Waals surface area (Å²) in [5, 5.41) is 10.8. The van der Waals surface area contributed by atoms with Crippen LogP contribution in [0.25, 0.3) is 21.9 Å². The summed E-state index contributed by atoms with van der Waals surface area (Å²) in [4.78, 5) is 22.7. The van der Waals surface area contributed by atoms with Crippen LogP contribution in [0.15, 0.2) is 24.7 Å². The van der Waals surface area contributed by atoms with Gasteiger partial charge < -0.3 is 10.2 Å². The number of rotatable bonds is 3. The lowest BCUT2D eigenvalue weighted by Crippen LogP contribution is -2.45. The van der Waals surface area contributed by atoms with Crippen LogP contribution in [0, 0.1) is 5.92 Å². The largest absolute Gasteiger partial charge is 0.405 e. The molecule has 1 saturated heterocycles. The number of hydrogen-bond acceptors (Lipinski definition) is 5. The standard InChI is InChI=1S/C17H17F3N6O/c18-17(19,20)9-23-16(27)10-2-1-5-26(8-10)13-7-24-25-12-6-22-15-11(14(12)13)3-4-21-15/h3-4,6-7,10,25H,1-2,5,8-9H2,(H,23,27). The van der Waals surface area contributed by atoms with Gasteiger partial charge in [-0.2, -0.15) is 18.3 Å². The molecule has 142 valence electrons. The number of carbonyl (C=O) groups excluding carboxylic acids is 1. The number of alkyl halides is 3. The predicted molar refractivity (Wildman–Crippen MR) is 93.2 cm³/mol. The molecule has 2 N–H and O–H groups in total. The highest BCUT2D eigenvalue weighted by atomic mass is 19.4. The van der Waals surface area contributed by atoms with E-state index >= 15 is 0 Å². The molecule has 0 radical (unpaired) electrons. The van der Waals surface area contributed by atoms with Crippen LogP contribution in [-0.4, -0.2) is 51.9 Å². The number of aromatic amines is 1. The van der Waals surface area contributed by atoms with Crippen LogP contribution < -0.4 is 10.2 Å². The Bertz CT molecular complexity index is 986. The number of hydrogen-bond donors (Lipinski definition) is 2. The maximum atomic E-state index is 12.4. The van der Waals surface area contributed by atoms with Gasteiger partial charge in [0.15, 0.2) is 5.65 Å². The SMILES string of the molecule is O=C(NCC(F)(F)F)C1CCCN(c2cn[nH]c3cnc4nccc4c23)C1. The molecule has 0 aliphatic carbocycles. The number of fused-ring (bicyclic) bond motifs is 3. The highest BCUT2D eigenvalue weighted by molar-refractivity contribution is 6.09. The fourth-order valence-electron chi connectivity index (χ4n) is 3.53. The van der Waals surface area contributed by atoms with Crippen molar-refractivity contribution in [3.63, 3.8) is 0 Å². The summed E-state index contributed by atoms with van der Waals surface area (Å²) >= 11 is 0. The first-order valence-corrected chi connectivity index (χ1v) is 8.58. The maximum absolute atomic E-state index is 12.4. The summed E-state index contributed by atoms with van der Waals surface area (Å²) in [7, 11) is 0. The second-order valence-corrected chi connectivity index (χ2v) is 6.60. The number of halogens is 3. The first-order valence-electron chi connectivity index (χ1n) is 8.58. The first-order chi connectivity index (χ1) is 12.9. The topological polar surface area (TPSA) is 86.8 Å². The van der Waals surface area contributed by atoms with Gasteiger partial charge in [-0.25, -0.2) is 9.97 Å². The Hall–Kier alpha value is -2.91. The van der Waals surface area contributed by atoms with Crippen LogP contribution in [0.2, 0.25) is 0 Å². The number of H-pyrrole nitrogens is 1. The Morgan fingerprint density at radius 1 is 1.33 bits per heavy atom. The van der Waals surface area contributed by atoms with Gasteiger partial charge in [0.05, 0.1) is 29.5 Å². The minimum Gasteiger partial charge on any atom is -0.369 e. The van der Waals surface area contributed by atoms with E-state index in [1.54, 1.807) is 18.6 Å². The van der Waals surface area contributed by atoms with Gasteiger partial charge in [0.1, 0.15) is 6.54 Å². The van der Waals surface area contributed by atoms with E-state index in [1.165, 1.54) is 0 Å². The summed E-state index contributed by atoms with van der Waals surface area (Å²) < 4.78 is 37.1. The Kier molecular flexibility index (Phi) is 4.33. The van der Waals surface area contributed by atoms with Crippen molar-refractivity contribution in [1.29, 1.82) is 0 Å². The molecule has 10 heteroatoms. The fraction of sp³-hybridized carbons (Fsp3) is 0.412. The normalized spacial score (nSPS) is 18.2. The molecule has 1 fully saturated rings. The Morgan fingerprint density at radius 3 is 3.00 bits per heavy atom. The second kappa shape index (κ2) is 6.67. The highest BCUT2D eigenvalue weighted by Crippen LogP contribution is 2.32. The van der Waals surface area contributed by atoms with Crippen LogP contribution in [-0.2, 0) is 4.79 Å². The number of carbonyl (C=O) groups is 1. The highest BCUT2D eigenvalue weighted by Gasteiger charge is 2.32. The van der Waals surface area contributed by atoms with E-state index < -0.39 is 24.5 Å². The fourth-order valence-corrected chi connectivity index (χ4v) is 3.53. The van der Waals surface area contributed by atoms with Crippen molar-refractivity contribution >= 4 is 33.5 Å². The lowest BCUT2D eigenvalue weighted by Gasteiger charge is -2.34. The molecule has 3 aromatic rings. The lowest BCUT2D eigenvalue weighted by molar-refractivity contribution is -0.140. The molecule has 1 aliphatic rings. The van der Waals surface area contributed by atoms with Gasteiger partial charge >= 0.3 is 6.18 Å². The molecule has 0 bridgehead atoms. The van der Waals surface area contributed by atoms with Gasteiger partial charge in [-0.05, 0) is 18.9 Å². The number of amides is 1. The van der Waals surface area contributed by atoms with Gasteiger partial charge in [-0.15, -0.1) is 0 Å². The van der Waals surface area contributed by atoms with Gasteiger partial charge in [-0.3, -0.25) is 9.89 Å². The molecule has 1 atom stereocenters. The molecule has 1 unspecified atom stereocenters. The Labute approximate surface area is 152 Å². The molecule has 3 aromatic heterocycles. The summed E-state index contributed by atoms with van der Waals surface area (Å²) in [5.74, 6) is -1.07. The average Bonchev–Trinajstić information content (AvgIpc) is 3.14. The van der Waals surface area contributed by atoms with Crippen molar-refractivity contribution < 1.29 is 18.0 Å². The van der Waals surface area contributed by atoms with Crippen LogP contribution in [0.5, 0.6) is 0 Å². The zero-order valence-corrected chi connectivity index (χ0v) is 14.3. The number of pyridine rings is 1. The van der Waals surface area contributed by atoms with Crippen molar-refractivity contribution in [2.45, 2.75) is 19.0 Å². The molecule has 0 aromatic carbocycles. The van der Waals surface area contributed by atoms with Gasteiger partial charge in [0.2, 0.25) is 5.91 Å². The van der Waals surface area contributed by atoms with Crippen LogP contribution in [0.4, 0.5) is 18.9 Å². The van der Waals surface area contributed by atoms with E-state index in [1.807, 2.05) is 16.3 Å². The molecule has 7 nitrogen and oxygen atoms in total. The third-order valence-corrected chi connectivity index (χ3v) is 4.76. The minimum atomic E-state index is -4.41. The summed E-state index contributed by atoms with van der Waals surface area (Å²) in [6.45, 7) is -0.275. The molecule has 1 aliphatic heterocycles. The monoisotopic (exact) mass is 378 g/mol. The number of anilines is 1. The summed E-state index contributed by atoms with van der Waals surface area (Å²) in [5.41, 5.74) is 2.16. The first kappa shape index (κ1) is 17.5. The molecule has 4 heterocycles. The third kappa shape index (κ3) is 3.51. The van der Waals surface area contributed by atoms with Crippen molar-refractivity contribution in [2.75, 3.05) is 24.5 Å². The van der Waals surface area contributed by atoms with Crippen molar-refractivity contribution in [3.05, 3.63) is 24.7 Å². The smallest absolute Gasteiger partial charge is 0.369 e. The van der Waals surface area contributed by atoms with E-state index in [0.717, 1.165) is 22.0 Å². The molecular formula is C17H17F3N6O. The maximum Gasteiger partial charge on any atom is 0.405 e. The third-order valence-electron chi connectivity index (χ3n) is 4.76. The lowest BCUT2D eigenvalue weighted by atomic mass is 9.96. The van der Waals surface area contributed by atoms with E-state index in [9.17, 15) is 18.0 Å². The number of aromatic nitrogens is 4. The average molecular weight is 378 g/mol. The van der Waals surface area contributed by atoms with Crippen molar-refractivity contribution in [2.24, 2.45) is 5.92 Å². The van der Waals surface area contributed by atoms with Gasteiger partial charge in [0, 0.05) is 30.1 Å². The van der Waals surface area contributed by atoms with Gasteiger partial charge in [-0.1, -0.05) is 0 Å². The molecule has 0 spiro atoms. The van der Waals surface area contributed by atoms with Crippen molar-refractivity contribution in [3.8, 4) is 0 Å². The summed E-state index contributed by atoms with van der Waals surface area (Å²) in [6.07, 6.45) is 1.84. The molecule has 27 heavy (non-hydrogen) atoms. The quantitative estimate of drug-likeness (QED) is 0.731. The zero-order valence-electron chi connectivity index (χ0n) is 14.3.